The van der Waals surface area contributed by atoms with Gasteiger partial charge >= 0.3 is 5.97 Å². The molecule has 0 radical (unpaired) electrons. The van der Waals surface area contributed by atoms with E-state index in [0.29, 0.717) is 38.8 Å². The first kappa shape index (κ1) is 29.8. The number of rotatable bonds is 13. The molecule has 0 bridgehead atoms. The van der Waals surface area contributed by atoms with Crippen molar-refractivity contribution in [2.45, 2.75) is 76.5 Å². The van der Waals surface area contributed by atoms with Crippen molar-refractivity contribution >= 4 is 35.6 Å². The van der Waals surface area contributed by atoms with Crippen molar-refractivity contribution in [3.8, 4) is 0 Å². The van der Waals surface area contributed by atoms with Crippen LogP contribution < -0.4 is 32.3 Å². The second-order valence-electron chi connectivity index (χ2n) is 9.73. The normalized spacial score (nSPS) is 20.7. The zero-order chi connectivity index (χ0) is 27.5. The predicted octanol–water partition coefficient (Wildman–Crippen LogP) is -2.18. The van der Waals surface area contributed by atoms with Crippen molar-refractivity contribution in [1.29, 1.82) is 5.41 Å². The van der Waals surface area contributed by atoms with Crippen molar-refractivity contribution in [3.63, 3.8) is 0 Å². The third-order valence-corrected chi connectivity index (χ3v) is 6.49. The Labute approximate surface area is 216 Å². The Hall–Kier alpha value is -3.42. The van der Waals surface area contributed by atoms with E-state index in [1.54, 1.807) is 13.8 Å². The SMILES string of the molecule is CC(C)C(NC(=O)CNC(=O)C1CCCN1C(=O)C(CCCNC(=N)N)NC(=O)C1CCCN1)C(=O)O. The molecule has 2 saturated heterocycles. The summed E-state index contributed by atoms with van der Waals surface area (Å²) < 4.78 is 0. The molecule has 2 aliphatic heterocycles. The minimum Gasteiger partial charge on any atom is -0.480 e. The number of hydrogen-bond acceptors (Lipinski definition) is 7. The van der Waals surface area contributed by atoms with Gasteiger partial charge in [-0.15, -0.1) is 0 Å². The van der Waals surface area contributed by atoms with Crippen LogP contribution in [0.15, 0.2) is 0 Å². The van der Waals surface area contributed by atoms with Gasteiger partial charge in [0.2, 0.25) is 23.6 Å². The van der Waals surface area contributed by atoms with Crippen LogP contribution in [0.1, 0.15) is 52.4 Å². The van der Waals surface area contributed by atoms with E-state index in [2.05, 4.69) is 26.6 Å². The average Bonchev–Trinajstić information content (AvgIpc) is 3.54. The second kappa shape index (κ2) is 14.4. The number of nitrogens with zero attached hydrogens (tertiary/aromatic N) is 1. The number of guanidine groups is 1. The van der Waals surface area contributed by atoms with Crippen molar-refractivity contribution < 1.29 is 29.1 Å². The summed E-state index contributed by atoms with van der Waals surface area (Å²) in [5, 5.41) is 30.0. The van der Waals surface area contributed by atoms with Crippen LogP contribution in [0.25, 0.3) is 0 Å². The molecule has 4 amide bonds. The summed E-state index contributed by atoms with van der Waals surface area (Å²) >= 11 is 0. The van der Waals surface area contributed by atoms with Crippen LogP contribution in [-0.2, 0) is 24.0 Å². The Morgan fingerprint density at radius 3 is 2.41 bits per heavy atom. The van der Waals surface area contributed by atoms with E-state index in [1.807, 2.05) is 0 Å². The van der Waals surface area contributed by atoms with Gasteiger partial charge in [0.1, 0.15) is 18.1 Å². The van der Waals surface area contributed by atoms with E-state index in [9.17, 15) is 29.1 Å². The molecular formula is C23H40N8O6. The van der Waals surface area contributed by atoms with Crippen LogP contribution in [0.3, 0.4) is 0 Å². The molecule has 14 nitrogen and oxygen atoms in total. The molecule has 0 aromatic carbocycles. The first-order valence-corrected chi connectivity index (χ1v) is 12.7. The zero-order valence-corrected chi connectivity index (χ0v) is 21.5. The number of likely N-dealkylation sites (tertiary alicyclic amines) is 1. The van der Waals surface area contributed by atoms with Gasteiger partial charge < -0.3 is 42.3 Å². The van der Waals surface area contributed by atoms with Gasteiger partial charge in [0.05, 0.1) is 12.6 Å². The van der Waals surface area contributed by atoms with Gasteiger partial charge in [-0.05, 0) is 51.0 Å². The molecule has 0 saturated carbocycles. The van der Waals surface area contributed by atoms with Gasteiger partial charge in [-0.2, -0.15) is 0 Å². The highest BCUT2D eigenvalue weighted by Crippen LogP contribution is 2.20. The smallest absolute Gasteiger partial charge is 0.326 e. The predicted molar refractivity (Wildman–Crippen MR) is 134 cm³/mol. The number of nitrogens with two attached hydrogens (primary N) is 1. The summed E-state index contributed by atoms with van der Waals surface area (Å²) in [5.74, 6) is -3.51. The fourth-order valence-electron chi connectivity index (χ4n) is 4.49. The fourth-order valence-corrected chi connectivity index (χ4v) is 4.49. The summed E-state index contributed by atoms with van der Waals surface area (Å²) in [6.07, 6.45) is 3.28. The van der Waals surface area contributed by atoms with Gasteiger partial charge in [0.25, 0.3) is 0 Å². The third kappa shape index (κ3) is 9.19. The number of carbonyl (C=O) groups is 5. The zero-order valence-electron chi connectivity index (χ0n) is 21.5. The molecule has 0 aliphatic carbocycles. The summed E-state index contributed by atoms with van der Waals surface area (Å²) in [5.41, 5.74) is 5.31. The molecule has 2 aliphatic rings. The Kier molecular flexibility index (Phi) is 11.6. The fraction of sp³-hybridized carbons (Fsp3) is 0.739. The molecule has 208 valence electrons. The topological polar surface area (TPSA) is 219 Å². The van der Waals surface area contributed by atoms with Crippen LogP contribution in [0.5, 0.6) is 0 Å². The monoisotopic (exact) mass is 524 g/mol. The minimum atomic E-state index is -1.17. The lowest BCUT2D eigenvalue weighted by Crippen LogP contribution is -2.56. The van der Waals surface area contributed by atoms with Crippen molar-refractivity contribution in [2.75, 3.05) is 26.2 Å². The number of amides is 4. The molecule has 2 fully saturated rings. The first-order chi connectivity index (χ1) is 17.5. The maximum absolute atomic E-state index is 13.5. The summed E-state index contributed by atoms with van der Waals surface area (Å²) in [6, 6.07) is -3.12. The van der Waals surface area contributed by atoms with E-state index < -0.39 is 42.5 Å². The lowest BCUT2D eigenvalue weighted by atomic mass is 10.0. The molecule has 4 unspecified atom stereocenters. The standard InChI is InChI=1S/C23H40N8O6/c1-13(2)18(22(36)37)30-17(32)12-28-20(34)16-8-5-11-31(16)21(35)15(7-4-10-27-23(24)25)29-19(33)14-6-3-9-26-14/h13-16,18,26H,3-12H2,1-2H3,(H,28,34)(H,29,33)(H,30,32)(H,36,37)(H4,24,25,27). The van der Waals surface area contributed by atoms with Gasteiger partial charge in [0.15, 0.2) is 5.96 Å². The van der Waals surface area contributed by atoms with Gasteiger partial charge in [-0.3, -0.25) is 24.6 Å². The number of aliphatic carboxylic acids is 1. The summed E-state index contributed by atoms with van der Waals surface area (Å²) in [7, 11) is 0. The van der Waals surface area contributed by atoms with E-state index in [-0.39, 0.29) is 36.2 Å². The van der Waals surface area contributed by atoms with Crippen LogP contribution in [0, 0.1) is 11.3 Å². The Balaban J connectivity index is 2.00. The molecule has 2 heterocycles. The largest absolute Gasteiger partial charge is 0.480 e. The highest BCUT2D eigenvalue weighted by atomic mass is 16.4. The molecule has 0 aromatic heterocycles. The van der Waals surface area contributed by atoms with Gasteiger partial charge in [-0.25, -0.2) is 4.79 Å². The number of carboxylic acid groups (broad SMARTS) is 1. The van der Waals surface area contributed by atoms with E-state index >= 15 is 0 Å². The van der Waals surface area contributed by atoms with Gasteiger partial charge in [0, 0.05) is 13.1 Å². The Bertz CT molecular complexity index is 860. The van der Waals surface area contributed by atoms with Crippen LogP contribution in [-0.4, -0.2) is 95.9 Å². The van der Waals surface area contributed by atoms with Crippen molar-refractivity contribution in [1.82, 2.24) is 31.5 Å². The number of carboxylic acids is 1. The van der Waals surface area contributed by atoms with Gasteiger partial charge in [-0.1, -0.05) is 13.8 Å². The Morgan fingerprint density at radius 1 is 1.08 bits per heavy atom. The lowest BCUT2D eigenvalue weighted by Gasteiger charge is -2.29. The van der Waals surface area contributed by atoms with Crippen LogP contribution in [0.2, 0.25) is 0 Å². The molecule has 37 heavy (non-hydrogen) atoms. The molecule has 14 heteroatoms. The first-order valence-electron chi connectivity index (χ1n) is 12.7. The maximum atomic E-state index is 13.5. The molecule has 4 atom stereocenters. The average molecular weight is 525 g/mol. The van der Waals surface area contributed by atoms with E-state index in [4.69, 9.17) is 11.1 Å². The maximum Gasteiger partial charge on any atom is 0.326 e. The minimum absolute atomic E-state index is 0.189. The highest BCUT2D eigenvalue weighted by molar-refractivity contribution is 5.95. The van der Waals surface area contributed by atoms with Crippen molar-refractivity contribution in [2.24, 2.45) is 11.7 Å². The highest BCUT2D eigenvalue weighted by Gasteiger charge is 2.38. The number of nitrogens with one attached hydrogen (secondary N) is 6. The summed E-state index contributed by atoms with van der Waals surface area (Å²) in [6.45, 7) is 4.31. The number of carbonyl (C=O) groups excluding carboxylic acids is 4. The van der Waals surface area contributed by atoms with E-state index in [1.165, 1.54) is 4.90 Å². The third-order valence-electron chi connectivity index (χ3n) is 6.49. The second-order valence-corrected chi connectivity index (χ2v) is 9.73. The Morgan fingerprint density at radius 2 is 1.81 bits per heavy atom. The molecule has 0 spiro atoms. The number of hydrogen-bond donors (Lipinski definition) is 8. The molecule has 9 N–H and O–H groups in total. The molecular weight excluding hydrogens is 484 g/mol. The van der Waals surface area contributed by atoms with E-state index in [0.717, 1.165) is 13.0 Å². The van der Waals surface area contributed by atoms with Crippen LogP contribution in [0.4, 0.5) is 0 Å². The lowest BCUT2D eigenvalue weighted by molar-refractivity contribution is -0.143. The molecule has 2 rings (SSSR count). The summed E-state index contributed by atoms with van der Waals surface area (Å²) in [4.78, 5) is 63.9. The van der Waals surface area contributed by atoms with Crippen molar-refractivity contribution in [3.05, 3.63) is 0 Å². The quantitative estimate of drug-likeness (QED) is 0.0744. The van der Waals surface area contributed by atoms with Crippen LogP contribution >= 0.6 is 0 Å². The molecule has 0 aromatic rings.